The fourth-order valence-corrected chi connectivity index (χ4v) is 5.64. The van der Waals surface area contributed by atoms with E-state index < -0.39 is 0 Å². The van der Waals surface area contributed by atoms with Gasteiger partial charge in [0.25, 0.3) is 0 Å². The second-order valence-corrected chi connectivity index (χ2v) is 11.2. The summed E-state index contributed by atoms with van der Waals surface area (Å²) in [4.78, 5) is 20.1. The highest BCUT2D eigenvalue weighted by molar-refractivity contribution is 5.82. The lowest BCUT2D eigenvalue weighted by Crippen LogP contribution is -2.31. The summed E-state index contributed by atoms with van der Waals surface area (Å²) in [5, 5.41) is 0. The highest BCUT2D eigenvalue weighted by Gasteiger charge is 2.31. The third-order valence-electron chi connectivity index (χ3n) is 7.84. The number of ether oxygens (including phenoxy) is 1. The Hall–Kier alpha value is -3.41. The number of hydrogen-bond donors (Lipinski definition) is 1. The van der Waals surface area contributed by atoms with E-state index in [4.69, 9.17) is 14.7 Å². The lowest BCUT2D eigenvalue weighted by atomic mass is 9.76. The molecule has 2 aromatic carbocycles. The molecule has 3 heterocycles. The van der Waals surface area contributed by atoms with E-state index in [1.165, 1.54) is 47.2 Å². The number of benzene rings is 2. The maximum atomic E-state index is 6.18. The maximum absolute atomic E-state index is 6.18. The molecule has 0 amide bonds. The van der Waals surface area contributed by atoms with Crippen molar-refractivity contribution in [3.8, 4) is 16.9 Å². The average molecular weight is 466 g/mol. The molecule has 2 aliphatic carbocycles. The number of nitrogens with zero attached hydrogens (tertiary/aromatic N) is 4. The number of fused-ring (bicyclic) bond motifs is 3. The number of hydrogen-bond acceptors (Lipinski definition) is 5. The van der Waals surface area contributed by atoms with Crippen LogP contribution in [-0.4, -0.2) is 33.1 Å². The van der Waals surface area contributed by atoms with Gasteiger partial charge in [-0.2, -0.15) is 0 Å². The molecule has 0 spiro atoms. The zero-order chi connectivity index (χ0) is 23.6. The van der Waals surface area contributed by atoms with Crippen LogP contribution in [0.25, 0.3) is 22.2 Å². The highest BCUT2D eigenvalue weighted by Crippen LogP contribution is 2.40. The third-order valence-corrected chi connectivity index (χ3v) is 7.84. The largest absolute Gasteiger partial charge is 0.491 e. The summed E-state index contributed by atoms with van der Waals surface area (Å²) in [5.41, 5.74) is 8.58. The molecular weight excluding hydrogens is 434 g/mol. The molecule has 0 unspecified atom stereocenters. The van der Waals surface area contributed by atoms with Gasteiger partial charge in [0.1, 0.15) is 30.3 Å². The van der Waals surface area contributed by atoms with E-state index >= 15 is 0 Å². The first-order chi connectivity index (χ1) is 17.0. The van der Waals surface area contributed by atoms with Crippen molar-refractivity contribution in [1.82, 2.24) is 19.9 Å². The summed E-state index contributed by atoms with van der Waals surface area (Å²) < 4.78 is 6.18. The van der Waals surface area contributed by atoms with Gasteiger partial charge in [0.05, 0.1) is 17.6 Å². The van der Waals surface area contributed by atoms with E-state index in [0.29, 0.717) is 12.5 Å². The van der Waals surface area contributed by atoms with Crippen LogP contribution < -0.4 is 9.64 Å². The van der Waals surface area contributed by atoms with Crippen molar-refractivity contribution in [1.29, 1.82) is 0 Å². The summed E-state index contributed by atoms with van der Waals surface area (Å²) >= 11 is 0. The molecular formula is C29H31N5O. The fraction of sp³-hybridized carbons (Fsp3) is 0.414. The second kappa shape index (κ2) is 7.80. The third kappa shape index (κ3) is 3.85. The Balaban J connectivity index is 1.22. The van der Waals surface area contributed by atoms with Gasteiger partial charge in [0.2, 0.25) is 0 Å². The first-order valence-electron chi connectivity index (χ1n) is 12.9. The van der Waals surface area contributed by atoms with Gasteiger partial charge < -0.3 is 14.6 Å². The Morgan fingerprint density at radius 1 is 1.06 bits per heavy atom. The number of aryl methyl sites for hydroxylation is 1. The van der Waals surface area contributed by atoms with Crippen molar-refractivity contribution < 1.29 is 4.74 Å². The summed E-state index contributed by atoms with van der Waals surface area (Å²) in [6.07, 6.45) is 7.47. The molecule has 0 bridgehead atoms. The van der Waals surface area contributed by atoms with Gasteiger partial charge in [-0.15, -0.1) is 0 Å². The normalized spacial score (nSPS) is 19.1. The van der Waals surface area contributed by atoms with Crippen molar-refractivity contribution in [3.63, 3.8) is 0 Å². The van der Waals surface area contributed by atoms with Crippen molar-refractivity contribution in [2.75, 3.05) is 18.1 Å². The Labute approximate surface area is 205 Å². The summed E-state index contributed by atoms with van der Waals surface area (Å²) in [6.45, 7) is 6.95. The van der Waals surface area contributed by atoms with E-state index in [2.05, 4.69) is 65.1 Å². The molecule has 3 aliphatic rings. The monoisotopic (exact) mass is 465 g/mol. The molecule has 178 valence electrons. The van der Waals surface area contributed by atoms with E-state index in [9.17, 15) is 0 Å². The molecule has 0 radical (unpaired) electrons. The molecule has 0 saturated heterocycles. The van der Waals surface area contributed by atoms with Gasteiger partial charge in [-0.3, -0.25) is 0 Å². The quantitative estimate of drug-likeness (QED) is 0.413. The standard InChI is InChI=1S/C29H31N5O/c1-29(2)10-9-23-22(15-29)28(31-17-30-23)34-11-12-35-26-8-6-19(13-21(26)16-34)20-5-7-24-25(14-20)33-27(32-24)18-3-4-18/h5-8,13-14,17-18H,3-4,9-12,15-16H2,1-2H3,(H,32,33). The fourth-order valence-electron chi connectivity index (χ4n) is 5.64. The predicted octanol–water partition coefficient (Wildman–Crippen LogP) is 5.81. The van der Waals surface area contributed by atoms with Crippen LogP contribution >= 0.6 is 0 Å². The number of H-pyrrole nitrogens is 1. The van der Waals surface area contributed by atoms with E-state index in [1.54, 1.807) is 6.33 Å². The molecule has 1 fully saturated rings. The lowest BCUT2D eigenvalue weighted by Gasteiger charge is -2.33. The van der Waals surface area contributed by atoms with Gasteiger partial charge >= 0.3 is 0 Å². The molecule has 1 aliphatic heterocycles. The topological polar surface area (TPSA) is 66.9 Å². The molecule has 1 N–H and O–H groups in total. The highest BCUT2D eigenvalue weighted by atomic mass is 16.5. The lowest BCUT2D eigenvalue weighted by molar-refractivity contribution is 0.310. The smallest absolute Gasteiger partial charge is 0.135 e. The molecule has 6 heteroatoms. The zero-order valence-electron chi connectivity index (χ0n) is 20.5. The zero-order valence-corrected chi connectivity index (χ0v) is 20.5. The molecule has 0 atom stereocenters. The van der Waals surface area contributed by atoms with Crippen LogP contribution in [0, 0.1) is 5.41 Å². The van der Waals surface area contributed by atoms with Gasteiger partial charge in [-0.05, 0) is 72.9 Å². The number of imidazole rings is 1. The van der Waals surface area contributed by atoms with Crippen LogP contribution in [0.15, 0.2) is 42.7 Å². The number of rotatable bonds is 3. The van der Waals surface area contributed by atoms with Crippen LogP contribution in [0.2, 0.25) is 0 Å². The minimum atomic E-state index is 0.282. The molecule has 35 heavy (non-hydrogen) atoms. The van der Waals surface area contributed by atoms with Crippen molar-refractivity contribution in [2.24, 2.45) is 5.41 Å². The maximum Gasteiger partial charge on any atom is 0.135 e. The Bertz CT molecular complexity index is 1430. The Morgan fingerprint density at radius 2 is 1.91 bits per heavy atom. The molecule has 4 aromatic rings. The predicted molar refractivity (Wildman–Crippen MR) is 138 cm³/mol. The average Bonchev–Trinajstić information content (AvgIpc) is 3.65. The number of anilines is 1. The van der Waals surface area contributed by atoms with Crippen molar-refractivity contribution in [2.45, 2.75) is 58.4 Å². The SMILES string of the molecule is CC1(C)CCc2ncnc(N3CCOc4ccc(-c5ccc6nc(C7CC7)[nH]c6c5)cc4C3)c2C1. The molecule has 6 nitrogen and oxygen atoms in total. The first kappa shape index (κ1) is 20.9. The van der Waals surface area contributed by atoms with Crippen LogP contribution in [0.3, 0.4) is 0 Å². The van der Waals surface area contributed by atoms with Crippen LogP contribution in [-0.2, 0) is 19.4 Å². The second-order valence-electron chi connectivity index (χ2n) is 11.2. The minimum absolute atomic E-state index is 0.282. The van der Waals surface area contributed by atoms with Crippen LogP contribution in [0.5, 0.6) is 5.75 Å². The Morgan fingerprint density at radius 3 is 2.80 bits per heavy atom. The molecule has 2 aromatic heterocycles. The minimum Gasteiger partial charge on any atom is -0.491 e. The van der Waals surface area contributed by atoms with Crippen LogP contribution in [0.4, 0.5) is 5.82 Å². The summed E-state index contributed by atoms with van der Waals surface area (Å²) in [5.74, 6) is 3.81. The number of nitrogens with one attached hydrogen (secondary N) is 1. The first-order valence-corrected chi connectivity index (χ1v) is 12.9. The Kier molecular flexibility index (Phi) is 4.66. The number of aromatic amines is 1. The summed E-state index contributed by atoms with van der Waals surface area (Å²) in [7, 11) is 0. The van der Waals surface area contributed by atoms with E-state index in [-0.39, 0.29) is 5.41 Å². The van der Waals surface area contributed by atoms with E-state index in [1.807, 2.05) is 0 Å². The van der Waals surface area contributed by atoms with Crippen molar-refractivity contribution >= 4 is 16.9 Å². The molecule has 7 rings (SSSR count). The molecule has 1 saturated carbocycles. The van der Waals surface area contributed by atoms with Gasteiger partial charge in [0, 0.05) is 29.3 Å². The summed E-state index contributed by atoms with van der Waals surface area (Å²) in [6, 6.07) is 13.1. The van der Waals surface area contributed by atoms with Gasteiger partial charge in [0.15, 0.2) is 0 Å². The van der Waals surface area contributed by atoms with Crippen LogP contribution in [0.1, 0.15) is 61.7 Å². The van der Waals surface area contributed by atoms with Gasteiger partial charge in [-0.25, -0.2) is 15.0 Å². The van der Waals surface area contributed by atoms with Crippen molar-refractivity contribution in [3.05, 3.63) is 65.4 Å². The van der Waals surface area contributed by atoms with Gasteiger partial charge in [-0.1, -0.05) is 26.0 Å². The van der Waals surface area contributed by atoms with E-state index in [0.717, 1.165) is 54.4 Å². The number of aromatic nitrogens is 4.